The molecule has 1 N–H and O–H groups in total. The Hall–Kier alpha value is -2.98. The fraction of sp³-hybridized carbons (Fsp3) is 0. The summed E-state index contributed by atoms with van der Waals surface area (Å²) in [4.78, 5) is 22.2. The Balaban J connectivity index is 2.17. The maximum Gasteiger partial charge on any atom is 0.269 e. The third-order valence-electron chi connectivity index (χ3n) is 2.86. The van der Waals surface area contributed by atoms with E-state index in [4.69, 9.17) is 5.26 Å². The molecule has 0 spiro atoms. The van der Waals surface area contributed by atoms with Crippen LogP contribution in [0.2, 0.25) is 0 Å². The van der Waals surface area contributed by atoms with E-state index in [1.807, 2.05) is 12.1 Å². The summed E-state index contributed by atoms with van der Waals surface area (Å²) in [5.74, 6) is -0.582. The van der Waals surface area contributed by atoms with Crippen LogP contribution in [0.25, 0.3) is 6.08 Å². The van der Waals surface area contributed by atoms with Crippen LogP contribution >= 0.6 is 15.9 Å². The molecule has 0 aliphatic heterocycles. The number of halogens is 1. The van der Waals surface area contributed by atoms with Crippen molar-refractivity contribution in [3.63, 3.8) is 0 Å². The van der Waals surface area contributed by atoms with Crippen molar-refractivity contribution in [1.82, 2.24) is 0 Å². The standard InChI is InChI=1S/C16H10BrN3O3/c17-13-3-1-2-11(9-13)8-12(10-18)16(21)19-14-4-6-15(7-5-14)20(22)23/h1-9H,(H,19,21). The van der Waals surface area contributed by atoms with Crippen molar-refractivity contribution < 1.29 is 9.72 Å². The Labute approximate surface area is 140 Å². The van der Waals surface area contributed by atoms with Crippen LogP contribution in [0.1, 0.15) is 5.56 Å². The molecule has 6 nitrogen and oxygen atoms in total. The van der Waals surface area contributed by atoms with Crippen LogP contribution in [-0.4, -0.2) is 10.8 Å². The van der Waals surface area contributed by atoms with Gasteiger partial charge in [-0.1, -0.05) is 28.1 Å². The molecule has 0 aliphatic carbocycles. The number of carbonyl (C=O) groups excluding carboxylic acids is 1. The fourth-order valence-corrected chi connectivity index (χ4v) is 2.19. The number of non-ortho nitro benzene ring substituents is 1. The zero-order chi connectivity index (χ0) is 16.8. The van der Waals surface area contributed by atoms with Crippen LogP contribution in [0.3, 0.4) is 0 Å². The predicted molar refractivity (Wildman–Crippen MR) is 89.5 cm³/mol. The van der Waals surface area contributed by atoms with Gasteiger partial charge in [-0.2, -0.15) is 5.26 Å². The molecule has 0 aromatic heterocycles. The van der Waals surface area contributed by atoms with E-state index in [-0.39, 0.29) is 11.3 Å². The van der Waals surface area contributed by atoms with Crippen LogP contribution in [0.15, 0.2) is 58.6 Å². The number of nitriles is 1. The molecular formula is C16H10BrN3O3. The Bertz CT molecular complexity index is 823. The second-order valence-electron chi connectivity index (χ2n) is 4.48. The van der Waals surface area contributed by atoms with Crippen molar-refractivity contribution in [2.75, 3.05) is 5.32 Å². The number of nitro groups is 1. The van der Waals surface area contributed by atoms with Gasteiger partial charge < -0.3 is 5.32 Å². The third-order valence-corrected chi connectivity index (χ3v) is 3.35. The number of anilines is 1. The van der Waals surface area contributed by atoms with E-state index in [0.29, 0.717) is 11.3 Å². The van der Waals surface area contributed by atoms with Gasteiger partial charge in [-0.05, 0) is 35.9 Å². The first-order chi connectivity index (χ1) is 11.0. The predicted octanol–water partition coefficient (Wildman–Crippen LogP) is 3.90. The molecule has 0 unspecified atom stereocenters. The molecule has 114 valence electrons. The molecule has 7 heteroatoms. The van der Waals surface area contributed by atoms with Crippen LogP contribution in [-0.2, 0) is 4.79 Å². The number of benzene rings is 2. The molecule has 0 aliphatic rings. The van der Waals surface area contributed by atoms with Crippen molar-refractivity contribution in [2.45, 2.75) is 0 Å². The number of amides is 1. The van der Waals surface area contributed by atoms with E-state index >= 15 is 0 Å². The molecule has 1 amide bonds. The van der Waals surface area contributed by atoms with Gasteiger partial charge in [0.15, 0.2) is 0 Å². The van der Waals surface area contributed by atoms with Gasteiger partial charge in [0.2, 0.25) is 0 Å². The largest absolute Gasteiger partial charge is 0.321 e. The first-order valence-electron chi connectivity index (χ1n) is 6.43. The number of hydrogen-bond donors (Lipinski definition) is 1. The normalized spacial score (nSPS) is 10.7. The van der Waals surface area contributed by atoms with Crippen LogP contribution < -0.4 is 5.32 Å². The summed E-state index contributed by atoms with van der Waals surface area (Å²) in [7, 11) is 0. The summed E-state index contributed by atoms with van der Waals surface area (Å²) >= 11 is 3.32. The highest BCUT2D eigenvalue weighted by Crippen LogP contribution is 2.17. The maximum absolute atomic E-state index is 12.1. The van der Waals surface area contributed by atoms with E-state index in [1.54, 1.807) is 18.2 Å². The molecule has 0 bridgehead atoms. The molecule has 0 atom stereocenters. The lowest BCUT2D eigenvalue weighted by Crippen LogP contribution is -2.13. The van der Waals surface area contributed by atoms with E-state index in [9.17, 15) is 14.9 Å². The number of nitrogens with one attached hydrogen (secondary N) is 1. The summed E-state index contributed by atoms with van der Waals surface area (Å²) in [5, 5.41) is 22.3. The quantitative estimate of drug-likeness (QED) is 0.381. The third kappa shape index (κ3) is 4.49. The van der Waals surface area contributed by atoms with E-state index < -0.39 is 10.8 Å². The van der Waals surface area contributed by atoms with Crippen LogP contribution in [0, 0.1) is 21.4 Å². The summed E-state index contributed by atoms with van der Waals surface area (Å²) in [6.45, 7) is 0. The van der Waals surface area contributed by atoms with Crippen molar-refractivity contribution >= 4 is 39.3 Å². The lowest BCUT2D eigenvalue weighted by Gasteiger charge is -2.04. The molecule has 0 saturated carbocycles. The lowest BCUT2D eigenvalue weighted by atomic mass is 10.1. The van der Waals surface area contributed by atoms with Crippen molar-refractivity contribution in [1.29, 1.82) is 5.26 Å². The molecule has 0 heterocycles. The number of nitrogens with zero attached hydrogens (tertiary/aromatic N) is 2. The molecule has 0 radical (unpaired) electrons. The zero-order valence-corrected chi connectivity index (χ0v) is 13.3. The summed E-state index contributed by atoms with van der Waals surface area (Å²) in [6, 6.07) is 14.4. The second kappa shape index (κ2) is 7.33. The molecule has 2 rings (SSSR count). The highest BCUT2D eigenvalue weighted by molar-refractivity contribution is 9.10. The molecule has 2 aromatic carbocycles. The first-order valence-corrected chi connectivity index (χ1v) is 7.22. The second-order valence-corrected chi connectivity index (χ2v) is 5.40. The Morgan fingerprint density at radius 2 is 1.96 bits per heavy atom. The van der Waals surface area contributed by atoms with Gasteiger partial charge in [0.05, 0.1) is 4.92 Å². The van der Waals surface area contributed by atoms with E-state index in [0.717, 1.165) is 4.47 Å². The fourth-order valence-electron chi connectivity index (χ4n) is 1.78. The lowest BCUT2D eigenvalue weighted by molar-refractivity contribution is -0.384. The van der Waals surface area contributed by atoms with Gasteiger partial charge in [0, 0.05) is 22.3 Å². The topological polar surface area (TPSA) is 96.0 Å². The van der Waals surface area contributed by atoms with Crippen LogP contribution in [0.4, 0.5) is 11.4 Å². The minimum Gasteiger partial charge on any atom is -0.321 e. The summed E-state index contributed by atoms with van der Waals surface area (Å²) in [5.41, 5.74) is 0.931. The molecular weight excluding hydrogens is 362 g/mol. The summed E-state index contributed by atoms with van der Waals surface area (Å²) in [6.07, 6.45) is 1.46. The zero-order valence-electron chi connectivity index (χ0n) is 11.7. The molecule has 2 aromatic rings. The average molecular weight is 372 g/mol. The minimum atomic E-state index is -0.582. The van der Waals surface area contributed by atoms with Crippen LogP contribution in [0.5, 0.6) is 0 Å². The average Bonchev–Trinajstić information content (AvgIpc) is 2.53. The van der Waals surface area contributed by atoms with Gasteiger partial charge in [-0.3, -0.25) is 14.9 Å². The SMILES string of the molecule is N#CC(=Cc1cccc(Br)c1)C(=O)Nc1ccc([N+](=O)[O-])cc1. The summed E-state index contributed by atoms with van der Waals surface area (Å²) < 4.78 is 0.833. The van der Waals surface area contributed by atoms with E-state index in [1.165, 1.54) is 30.3 Å². The Kier molecular flexibility index (Phi) is 5.23. The number of rotatable bonds is 4. The van der Waals surface area contributed by atoms with E-state index in [2.05, 4.69) is 21.2 Å². The van der Waals surface area contributed by atoms with Gasteiger partial charge in [0.25, 0.3) is 11.6 Å². The highest BCUT2D eigenvalue weighted by Gasteiger charge is 2.11. The smallest absolute Gasteiger partial charge is 0.269 e. The van der Waals surface area contributed by atoms with Crippen molar-refractivity contribution in [2.24, 2.45) is 0 Å². The van der Waals surface area contributed by atoms with Gasteiger partial charge in [-0.25, -0.2) is 0 Å². The molecule has 0 saturated heterocycles. The minimum absolute atomic E-state index is 0.0681. The first kappa shape index (κ1) is 16.4. The van der Waals surface area contributed by atoms with Crippen molar-refractivity contribution in [3.05, 3.63) is 74.3 Å². The monoisotopic (exact) mass is 371 g/mol. The Morgan fingerprint density at radius 3 is 2.52 bits per heavy atom. The van der Waals surface area contributed by atoms with Crippen molar-refractivity contribution in [3.8, 4) is 6.07 Å². The van der Waals surface area contributed by atoms with Gasteiger partial charge >= 0.3 is 0 Å². The molecule has 23 heavy (non-hydrogen) atoms. The Morgan fingerprint density at radius 1 is 1.26 bits per heavy atom. The molecule has 0 fully saturated rings. The van der Waals surface area contributed by atoms with Gasteiger partial charge in [-0.15, -0.1) is 0 Å². The number of carbonyl (C=O) groups is 1. The van der Waals surface area contributed by atoms with Gasteiger partial charge in [0.1, 0.15) is 11.6 Å². The highest BCUT2D eigenvalue weighted by atomic mass is 79.9. The number of nitro benzene ring substituents is 1. The number of hydrogen-bond acceptors (Lipinski definition) is 4. The maximum atomic E-state index is 12.1.